The second-order valence-electron chi connectivity index (χ2n) is 8.24. The third-order valence-electron chi connectivity index (χ3n) is 5.82. The Bertz CT molecular complexity index is 969. The van der Waals surface area contributed by atoms with E-state index in [0.29, 0.717) is 25.6 Å². The van der Waals surface area contributed by atoms with Gasteiger partial charge in [-0.3, -0.25) is 4.90 Å². The van der Waals surface area contributed by atoms with Crippen molar-refractivity contribution in [2.24, 2.45) is 7.05 Å². The number of rotatable bonds is 12. The summed E-state index contributed by atoms with van der Waals surface area (Å²) in [6.07, 6.45) is 3.96. The van der Waals surface area contributed by atoms with Gasteiger partial charge in [-0.05, 0) is 38.3 Å². The van der Waals surface area contributed by atoms with Crippen LogP contribution < -0.4 is 4.74 Å². The van der Waals surface area contributed by atoms with Crippen molar-refractivity contribution >= 4 is 0 Å². The number of hydrogen-bond acceptors (Lipinski definition) is 4. The van der Waals surface area contributed by atoms with Gasteiger partial charge in [0.1, 0.15) is 11.4 Å². The molecule has 0 fully saturated rings. The molecule has 1 heterocycles. The Morgan fingerprint density at radius 1 is 1.12 bits per heavy atom. The normalized spacial score (nSPS) is 13.2. The van der Waals surface area contributed by atoms with Crippen molar-refractivity contribution in [2.75, 3.05) is 6.54 Å². The molecular formula is C27H35N3O2. The smallest absolute Gasteiger partial charge is 0.222 e. The summed E-state index contributed by atoms with van der Waals surface area (Å²) >= 11 is 0. The predicted octanol–water partition coefficient (Wildman–Crippen LogP) is 5.81. The molecule has 3 aromatic rings. The molecular weight excluding hydrogens is 398 g/mol. The lowest BCUT2D eigenvalue weighted by molar-refractivity contribution is 0.0796. The topological polar surface area (TPSA) is 50.5 Å². The van der Waals surface area contributed by atoms with Crippen molar-refractivity contribution in [3.8, 4) is 22.9 Å². The number of aryl methyl sites for hydroxylation is 1. The standard InChI is InChI=1S/C27H35N3O2/c1-5-7-16-23(31)19-30(21(3)6-2)20-25-26(22-14-10-8-11-15-22)28-29(4)27(25)32-24-17-12-9-13-18-24/h5,8-15,17-18,21,23,31H,1,6-7,16,19-20H2,2-4H3/t21-,23+/m1/s1. The highest BCUT2D eigenvalue weighted by Crippen LogP contribution is 2.34. The molecule has 5 nitrogen and oxygen atoms in total. The highest BCUT2D eigenvalue weighted by atomic mass is 16.5. The fourth-order valence-electron chi connectivity index (χ4n) is 3.78. The highest BCUT2D eigenvalue weighted by Gasteiger charge is 2.25. The first-order valence-corrected chi connectivity index (χ1v) is 11.4. The van der Waals surface area contributed by atoms with Crippen molar-refractivity contribution < 1.29 is 9.84 Å². The molecule has 1 aromatic heterocycles. The highest BCUT2D eigenvalue weighted by molar-refractivity contribution is 5.65. The fraction of sp³-hybridized carbons (Fsp3) is 0.370. The van der Waals surface area contributed by atoms with Gasteiger partial charge in [0.25, 0.3) is 0 Å². The summed E-state index contributed by atoms with van der Waals surface area (Å²) in [5.41, 5.74) is 2.99. The number of hydrogen-bond donors (Lipinski definition) is 1. The van der Waals surface area contributed by atoms with Gasteiger partial charge < -0.3 is 9.84 Å². The summed E-state index contributed by atoms with van der Waals surface area (Å²) < 4.78 is 8.14. The molecule has 0 spiro atoms. The minimum atomic E-state index is -0.405. The zero-order valence-corrected chi connectivity index (χ0v) is 19.4. The molecule has 1 N–H and O–H groups in total. The van der Waals surface area contributed by atoms with Gasteiger partial charge in [0.2, 0.25) is 5.88 Å². The molecule has 3 rings (SSSR count). The van der Waals surface area contributed by atoms with E-state index in [4.69, 9.17) is 9.84 Å². The molecule has 170 valence electrons. The maximum atomic E-state index is 10.6. The number of para-hydroxylation sites is 1. The maximum absolute atomic E-state index is 10.6. The van der Waals surface area contributed by atoms with Gasteiger partial charge in [-0.15, -0.1) is 6.58 Å². The van der Waals surface area contributed by atoms with Crippen molar-refractivity contribution in [1.82, 2.24) is 14.7 Å². The summed E-state index contributed by atoms with van der Waals surface area (Å²) in [6.45, 7) is 9.39. The molecule has 0 saturated carbocycles. The van der Waals surface area contributed by atoms with Crippen molar-refractivity contribution in [2.45, 2.75) is 51.8 Å². The first-order chi connectivity index (χ1) is 15.5. The molecule has 0 amide bonds. The molecule has 0 unspecified atom stereocenters. The first-order valence-electron chi connectivity index (χ1n) is 11.4. The summed E-state index contributed by atoms with van der Waals surface area (Å²) in [7, 11) is 1.92. The predicted molar refractivity (Wildman–Crippen MR) is 131 cm³/mol. The zero-order valence-electron chi connectivity index (χ0n) is 19.4. The average molecular weight is 434 g/mol. The Morgan fingerprint density at radius 2 is 1.78 bits per heavy atom. The quantitative estimate of drug-likeness (QED) is 0.366. The van der Waals surface area contributed by atoms with Crippen LogP contribution in [0, 0.1) is 0 Å². The minimum Gasteiger partial charge on any atom is -0.439 e. The Kier molecular flexibility index (Phi) is 8.65. The summed E-state index contributed by atoms with van der Waals surface area (Å²) in [6, 6.07) is 20.3. The number of allylic oxidation sites excluding steroid dienone is 1. The van der Waals surface area contributed by atoms with E-state index in [9.17, 15) is 5.11 Å². The van der Waals surface area contributed by atoms with E-state index in [1.807, 2.05) is 66.3 Å². The van der Waals surface area contributed by atoms with Crippen LogP contribution >= 0.6 is 0 Å². The van der Waals surface area contributed by atoms with E-state index in [-0.39, 0.29) is 0 Å². The molecule has 0 radical (unpaired) electrons. The van der Waals surface area contributed by atoms with Crippen LogP contribution in [0.15, 0.2) is 73.3 Å². The lowest BCUT2D eigenvalue weighted by Crippen LogP contribution is -2.38. The zero-order chi connectivity index (χ0) is 22.9. The van der Waals surface area contributed by atoms with Gasteiger partial charge in [-0.1, -0.05) is 61.5 Å². The minimum absolute atomic E-state index is 0.307. The van der Waals surface area contributed by atoms with E-state index in [1.54, 1.807) is 0 Å². The second-order valence-corrected chi connectivity index (χ2v) is 8.24. The number of nitrogens with zero attached hydrogens (tertiary/aromatic N) is 3. The third-order valence-corrected chi connectivity index (χ3v) is 5.82. The number of aliphatic hydroxyl groups is 1. The number of aromatic nitrogens is 2. The summed E-state index contributed by atoms with van der Waals surface area (Å²) in [5, 5.41) is 15.5. The molecule has 2 atom stereocenters. The van der Waals surface area contributed by atoms with Crippen molar-refractivity contribution in [3.05, 3.63) is 78.9 Å². The van der Waals surface area contributed by atoms with E-state index >= 15 is 0 Å². The lowest BCUT2D eigenvalue weighted by Gasteiger charge is -2.30. The Balaban J connectivity index is 1.99. The van der Waals surface area contributed by atoms with Crippen LogP contribution in [0.3, 0.4) is 0 Å². The van der Waals surface area contributed by atoms with E-state index in [1.165, 1.54) is 0 Å². The molecule has 0 saturated heterocycles. The van der Waals surface area contributed by atoms with Crippen LogP contribution in [-0.4, -0.2) is 38.5 Å². The average Bonchev–Trinajstić information content (AvgIpc) is 3.12. The molecule has 32 heavy (non-hydrogen) atoms. The third kappa shape index (κ3) is 6.09. The lowest BCUT2D eigenvalue weighted by atomic mass is 10.1. The number of aliphatic hydroxyl groups excluding tert-OH is 1. The largest absolute Gasteiger partial charge is 0.439 e. The number of benzene rings is 2. The second kappa shape index (κ2) is 11.7. The van der Waals surface area contributed by atoms with Crippen LogP contribution in [0.4, 0.5) is 0 Å². The van der Waals surface area contributed by atoms with E-state index in [0.717, 1.165) is 41.3 Å². The van der Waals surface area contributed by atoms with Crippen LogP contribution in [-0.2, 0) is 13.6 Å². The van der Waals surface area contributed by atoms with Gasteiger partial charge >= 0.3 is 0 Å². The van der Waals surface area contributed by atoms with Crippen LogP contribution in [0.2, 0.25) is 0 Å². The van der Waals surface area contributed by atoms with Crippen molar-refractivity contribution in [1.29, 1.82) is 0 Å². The first kappa shape index (κ1) is 23.8. The molecule has 0 aliphatic heterocycles. The molecule has 5 heteroatoms. The van der Waals surface area contributed by atoms with Gasteiger partial charge in [0, 0.05) is 31.7 Å². The Labute approximate surface area is 192 Å². The number of ether oxygens (including phenoxy) is 1. The van der Waals surface area contributed by atoms with Gasteiger partial charge in [-0.2, -0.15) is 5.10 Å². The molecule has 0 aliphatic carbocycles. The fourth-order valence-corrected chi connectivity index (χ4v) is 3.78. The van der Waals surface area contributed by atoms with Crippen molar-refractivity contribution in [3.63, 3.8) is 0 Å². The van der Waals surface area contributed by atoms with Gasteiger partial charge in [0.15, 0.2) is 0 Å². The van der Waals surface area contributed by atoms with Gasteiger partial charge in [-0.25, -0.2) is 4.68 Å². The summed E-state index contributed by atoms with van der Waals surface area (Å²) in [5.74, 6) is 1.50. The maximum Gasteiger partial charge on any atom is 0.222 e. The monoisotopic (exact) mass is 433 g/mol. The molecule has 0 bridgehead atoms. The van der Waals surface area contributed by atoms with Gasteiger partial charge in [0.05, 0.1) is 11.7 Å². The van der Waals surface area contributed by atoms with E-state index < -0.39 is 6.10 Å². The van der Waals surface area contributed by atoms with Crippen LogP contribution in [0.25, 0.3) is 11.3 Å². The SMILES string of the molecule is C=CCC[C@H](O)CN(Cc1c(-c2ccccc2)nn(C)c1Oc1ccccc1)[C@H](C)CC. The Morgan fingerprint density at radius 3 is 2.41 bits per heavy atom. The Hall–Kier alpha value is -2.89. The van der Waals surface area contributed by atoms with E-state index in [2.05, 4.69) is 37.5 Å². The molecule has 2 aromatic carbocycles. The van der Waals surface area contributed by atoms with Crippen LogP contribution in [0.1, 0.15) is 38.7 Å². The summed E-state index contributed by atoms with van der Waals surface area (Å²) in [4.78, 5) is 2.33. The van der Waals surface area contributed by atoms with Crippen LogP contribution in [0.5, 0.6) is 11.6 Å². The molecule has 0 aliphatic rings.